The molecule has 0 spiro atoms. The van der Waals surface area contributed by atoms with E-state index in [1.165, 1.54) is 0 Å². The molecule has 40 heavy (non-hydrogen) atoms. The van der Waals surface area contributed by atoms with Crippen LogP contribution in [-0.2, 0) is 6.42 Å². The molecule has 2 aliphatic heterocycles. The van der Waals surface area contributed by atoms with E-state index in [1.54, 1.807) is 6.20 Å². The van der Waals surface area contributed by atoms with Gasteiger partial charge < -0.3 is 19.9 Å². The van der Waals surface area contributed by atoms with Crippen LogP contribution in [-0.4, -0.2) is 71.8 Å². The summed E-state index contributed by atoms with van der Waals surface area (Å²) < 4.78 is 22.7. The van der Waals surface area contributed by atoms with Gasteiger partial charge in [0.25, 0.3) is 0 Å². The molecule has 0 amide bonds. The molecule has 4 aromatic rings. The number of aromatic nitrogens is 3. The van der Waals surface area contributed by atoms with Gasteiger partial charge in [-0.2, -0.15) is 15.2 Å². The third-order valence-corrected chi connectivity index (χ3v) is 8.24. The zero-order chi connectivity index (χ0) is 27.6. The Labute approximate surface area is 233 Å². The fourth-order valence-corrected chi connectivity index (χ4v) is 6.05. The van der Waals surface area contributed by atoms with Crippen LogP contribution < -0.4 is 15.0 Å². The first-order valence-corrected chi connectivity index (χ1v) is 14.1. The average molecular weight is 540 g/mol. The third kappa shape index (κ3) is 4.93. The third-order valence-electron chi connectivity index (χ3n) is 8.24. The van der Waals surface area contributed by atoms with Crippen LogP contribution in [0.3, 0.4) is 0 Å². The van der Waals surface area contributed by atoms with Crippen LogP contribution in [0.25, 0.3) is 32.9 Å². The number of nitriles is 1. The molecule has 6 rings (SSSR count). The number of fused-ring (bicyclic) bond motifs is 2. The summed E-state index contributed by atoms with van der Waals surface area (Å²) in [5, 5.41) is 15.2. The summed E-state index contributed by atoms with van der Waals surface area (Å²) in [5.74, 6) is 0.112. The maximum atomic E-state index is 16.6. The number of aryl methyl sites for hydroxylation is 1. The van der Waals surface area contributed by atoms with Crippen molar-refractivity contribution in [3.8, 4) is 23.3 Å². The van der Waals surface area contributed by atoms with Gasteiger partial charge in [-0.15, -0.1) is 0 Å². The number of ether oxygens (including phenoxy) is 1. The molecule has 0 radical (unpaired) electrons. The highest BCUT2D eigenvalue weighted by molar-refractivity contribution is 6.00. The number of piperazine rings is 1. The van der Waals surface area contributed by atoms with Crippen molar-refractivity contribution < 1.29 is 9.13 Å². The first-order chi connectivity index (χ1) is 19.6. The lowest BCUT2D eigenvalue weighted by molar-refractivity contribution is 0.188. The maximum absolute atomic E-state index is 16.6. The van der Waals surface area contributed by atoms with E-state index < -0.39 is 5.82 Å². The lowest BCUT2D eigenvalue weighted by Crippen LogP contribution is -2.51. The Morgan fingerprint density at radius 2 is 2.02 bits per heavy atom. The van der Waals surface area contributed by atoms with Gasteiger partial charge in [-0.1, -0.05) is 43.3 Å². The zero-order valence-electron chi connectivity index (χ0n) is 23.0. The van der Waals surface area contributed by atoms with E-state index in [1.807, 2.05) is 30.3 Å². The topological polar surface area (TPSA) is 90.2 Å². The van der Waals surface area contributed by atoms with Crippen LogP contribution in [0.15, 0.2) is 42.6 Å². The van der Waals surface area contributed by atoms with Crippen molar-refractivity contribution in [2.75, 3.05) is 44.7 Å². The van der Waals surface area contributed by atoms with Crippen LogP contribution >= 0.6 is 0 Å². The molecule has 2 aromatic heterocycles. The standard InChI is InChI=1S/C31H34FN7O/c1-3-20-7-4-8-21-9-5-11-24(26(20)21)28-27(32)29-25(17-35-28)30(39-16-14-34-22(18-39)12-13-33)37-31(36-29)40-19-23-10-6-15-38(23)2/h4-5,7-9,11,17,22-23,34H,3,6,10,12,14-16,18-19H2,1-2H3. The van der Waals surface area contributed by atoms with Gasteiger partial charge in [0.15, 0.2) is 5.82 Å². The summed E-state index contributed by atoms with van der Waals surface area (Å²) in [6.45, 7) is 5.54. The number of halogens is 1. The van der Waals surface area contributed by atoms with Gasteiger partial charge in [0, 0.05) is 43.5 Å². The van der Waals surface area contributed by atoms with Crippen molar-refractivity contribution in [1.82, 2.24) is 25.2 Å². The van der Waals surface area contributed by atoms with Gasteiger partial charge >= 0.3 is 6.01 Å². The van der Waals surface area contributed by atoms with E-state index in [-0.39, 0.29) is 29.3 Å². The SMILES string of the molecule is CCc1cccc2cccc(-c3ncc4c(N5CCNC(CC#N)C5)nc(OCC5CCCN5C)nc4c3F)c12. The summed E-state index contributed by atoms with van der Waals surface area (Å²) in [7, 11) is 2.09. The van der Waals surface area contributed by atoms with E-state index in [9.17, 15) is 5.26 Å². The predicted molar refractivity (Wildman–Crippen MR) is 155 cm³/mol. The normalized spacial score (nSPS) is 19.8. The van der Waals surface area contributed by atoms with E-state index in [4.69, 9.17) is 9.72 Å². The molecule has 206 valence electrons. The summed E-state index contributed by atoms with van der Waals surface area (Å²) in [4.78, 5) is 18.4. The number of rotatable bonds is 7. The molecule has 8 nitrogen and oxygen atoms in total. The zero-order valence-corrected chi connectivity index (χ0v) is 23.0. The largest absolute Gasteiger partial charge is 0.462 e. The Kier molecular flexibility index (Phi) is 7.46. The van der Waals surface area contributed by atoms with Gasteiger partial charge in [0.05, 0.1) is 17.9 Å². The van der Waals surface area contributed by atoms with Gasteiger partial charge in [0.2, 0.25) is 0 Å². The van der Waals surface area contributed by atoms with Crippen molar-refractivity contribution in [3.05, 3.63) is 54.0 Å². The minimum atomic E-state index is -0.480. The molecule has 0 aliphatic carbocycles. The number of anilines is 1. The van der Waals surface area contributed by atoms with Crippen LogP contribution in [0.4, 0.5) is 10.2 Å². The van der Waals surface area contributed by atoms with Gasteiger partial charge in [-0.25, -0.2) is 4.39 Å². The number of hydrogen-bond acceptors (Lipinski definition) is 8. The van der Waals surface area contributed by atoms with Gasteiger partial charge in [-0.05, 0) is 49.2 Å². The molecule has 1 N–H and O–H groups in total. The number of nitrogens with zero attached hydrogens (tertiary/aromatic N) is 6. The van der Waals surface area contributed by atoms with Crippen molar-refractivity contribution in [1.29, 1.82) is 5.26 Å². The van der Waals surface area contributed by atoms with E-state index in [0.29, 0.717) is 43.9 Å². The van der Waals surface area contributed by atoms with Crippen molar-refractivity contribution in [2.45, 2.75) is 44.7 Å². The van der Waals surface area contributed by atoms with Gasteiger partial charge in [-0.3, -0.25) is 4.98 Å². The highest BCUT2D eigenvalue weighted by Gasteiger charge is 2.27. The fourth-order valence-electron chi connectivity index (χ4n) is 6.05. The first kappa shape index (κ1) is 26.4. The molecule has 2 saturated heterocycles. The van der Waals surface area contributed by atoms with Crippen LogP contribution in [0.2, 0.25) is 0 Å². The quantitative estimate of drug-likeness (QED) is 0.361. The number of pyridine rings is 1. The number of likely N-dealkylation sites (N-methyl/N-ethyl adjacent to an activating group) is 1. The smallest absolute Gasteiger partial charge is 0.319 e. The predicted octanol–water partition coefficient (Wildman–Crippen LogP) is 4.71. The van der Waals surface area contributed by atoms with Crippen molar-refractivity contribution >= 4 is 27.5 Å². The lowest BCUT2D eigenvalue weighted by Gasteiger charge is -2.34. The average Bonchev–Trinajstić information content (AvgIpc) is 3.40. The molecular formula is C31H34FN7O. The number of nitrogens with one attached hydrogen (secondary N) is 1. The van der Waals surface area contributed by atoms with Crippen molar-refractivity contribution in [3.63, 3.8) is 0 Å². The highest BCUT2D eigenvalue weighted by atomic mass is 19.1. The summed E-state index contributed by atoms with van der Waals surface area (Å²) >= 11 is 0. The summed E-state index contributed by atoms with van der Waals surface area (Å²) in [5.41, 5.74) is 2.37. The number of benzene rings is 2. The number of likely N-dealkylation sites (tertiary alicyclic amines) is 1. The molecule has 0 saturated carbocycles. The molecule has 4 heterocycles. The van der Waals surface area contributed by atoms with Crippen LogP contribution in [0, 0.1) is 17.1 Å². The molecule has 9 heteroatoms. The molecule has 2 aliphatic rings. The Bertz CT molecular complexity index is 1580. The van der Waals surface area contributed by atoms with Gasteiger partial charge in [0.1, 0.15) is 23.6 Å². The second-order valence-corrected chi connectivity index (χ2v) is 10.7. The molecule has 2 aromatic carbocycles. The second-order valence-electron chi connectivity index (χ2n) is 10.7. The first-order valence-electron chi connectivity index (χ1n) is 14.1. The maximum Gasteiger partial charge on any atom is 0.319 e. The fraction of sp³-hybridized carbons (Fsp3) is 0.419. The molecule has 2 unspecified atom stereocenters. The Morgan fingerprint density at radius 1 is 1.18 bits per heavy atom. The Hall–Kier alpha value is -3.87. The lowest BCUT2D eigenvalue weighted by atomic mass is 9.95. The second kappa shape index (κ2) is 11.3. The van der Waals surface area contributed by atoms with Crippen LogP contribution in [0.1, 0.15) is 31.7 Å². The van der Waals surface area contributed by atoms with Crippen LogP contribution in [0.5, 0.6) is 6.01 Å². The van der Waals surface area contributed by atoms with Crippen molar-refractivity contribution in [2.24, 2.45) is 0 Å². The molecule has 2 atom stereocenters. The minimum absolute atomic E-state index is 0.000462. The van der Waals surface area contributed by atoms with E-state index in [2.05, 4.69) is 51.2 Å². The minimum Gasteiger partial charge on any atom is -0.462 e. The number of hydrogen-bond donors (Lipinski definition) is 1. The molecule has 2 fully saturated rings. The highest BCUT2D eigenvalue weighted by Crippen LogP contribution is 2.36. The monoisotopic (exact) mass is 539 g/mol. The summed E-state index contributed by atoms with van der Waals surface area (Å²) in [6.07, 6.45) is 5.08. The molecular weight excluding hydrogens is 505 g/mol. The summed E-state index contributed by atoms with van der Waals surface area (Å²) in [6, 6.07) is 14.8. The molecule has 0 bridgehead atoms. The Morgan fingerprint density at radius 3 is 2.80 bits per heavy atom. The Balaban J connectivity index is 1.48. The van der Waals surface area contributed by atoms with E-state index >= 15 is 4.39 Å². The van der Waals surface area contributed by atoms with E-state index in [0.717, 1.165) is 47.7 Å².